The van der Waals surface area contributed by atoms with E-state index in [9.17, 15) is 9.59 Å². The van der Waals surface area contributed by atoms with Gasteiger partial charge in [0.2, 0.25) is 11.8 Å². The van der Waals surface area contributed by atoms with E-state index in [1.165, 1.54) is 4.90 Å². The van der Waals surface area contributed by atoms with Crippen LogP contribution in [0.25, 0.3) is 0 Å². The summed E-state index contributed by atoms with van der Waals surface area (Å²) in [5.74, 6) is 0.405. The van der Waals surface area contributed by atoms with E-state index in [1.54, 1.807) is 0 Å². The van der Waals surface area contributed by atoms with Crippen molar-refractivity contribution in [1.82, 2.24) is 0 Å². The molecular formula is C17H21NO2. The summed E-state index contributed by atoms with van der Waals surface area (Å²) in [6.07, 6.45) is 2.77. The smallest absolute Gasteiger partial charge is 0.237 e. The molecule has 0 aromatic heterocycles. The van der Waals surface area contributed by atoms with E-state index in [0.717, 1.165) is 36.1 Å². The van der Waals surface area contributed by atoms with Gasteiger partial charge < -0.3 is 0 Å². The molecule has 20 heavy (non-hydrogen) atoms. The molecule has 0 radical (unpaired) electrons. The minimum absolute atomic E-state index is 0.0175. The zero-order valence-corrected chi connectivity index (χ0v) is 12.3. The standard InChI is InChI=1S/C17H21NO2/c1-10-7-8-13-14(9-10)17(20)18(16(13)19)15-11(2)5-4-6-12(15)3/h4-6,10,13-14H,7-9H2,1-3H3/t10-,13+,14-/m0/s1. The molecule has 0 spiro atoms. The normalized spacial score (nSPS) is 29.8. The van der Waals surface area contributed by atoms with Crippen LogP contribution in [0.1, 0.15) is 37.3 Å². The monoisotopic (exact) mass is 271 g/mol. The van der Waals surface area contributed by atoms with Gasteiger partial charge >= 0.3 is 0 Å². The Balaban J connectivity index is 2.03. The summed E-state index contributed by atoms with van der Waals surface area (Å²) in [5, 5.41) is 0. The lowest BCUT2D eigenvalue weighted by Crippen LogP contribution is -2.32. The molecule has 1 aliphatic carbocycles. The minimum atomic E-state index is -0.0924. The maximum absolute atomic E-state index is 12.7. The number of amides is 2. The first-order valence-electron chi connectivity index (χ1n) is 7.44. The van der Waals surface area contributed by atoms with Gasteiger partial charge in [-0.1, -0.05) is 25.1 Å². The molecule has 106 valence electrons. The van der Waals surface area contributed by atoms with Crippen LogP contribution in [0.2, 0.25) is 0 Å². The summed E-state index contributed by atoms with van der Waals surface area (Å²) in [4.78, 5) is 26.8. The fraction of sp³-hybridized carbons (Fsp3) is 0.529. The van der Waals surface area contributed by atoms with Gasteiger partial charge in [-0.25, -0.2) is 4.90 Å². The maximum Gasteiger partial charge on any atom is 0.237 e. The van der Waals surface area contributed by atoms with Crippen molar-refractivity contribution in [2.24, 2.45) is 17.8 Å². The summed E-state index contributed by atoms with van der Waals surface area (Å²) in [6, 6.07) is 5.90. The molecule has 1 heterocycles. The van der Waals surface area contributed by atoms with Crippen molar-refractivity contribution in [3.05, 3.63) is 29.3 Å². The second-order valence-corrected chi connectivity index (χ2v) is 6.38. The van der Waals surface area contributed by atoms with Gasteiger partial charge in [0.15, 0.2) is 0 Å². The molecular weight excluding hydrogens is 250 g/mol. The predicted octanol–water partition coefficient (Wildman–Crippen LogP) is 3.23. The molecule has 0 unspecified atom stereocenters. The lowest BCUT2D eigenvalue weighted by Gasteiger charge is -2.25. The number of hydrogen-bond donors (Lipinski definition) is 0. The number of anilines is 1. The first-order chi connectivity index (χ1) is 9.50. The van der Waals surface area contributed by atoms with Crippen molar-refractivity contribution in [1.29, 1.82) is 0 Å². The molecule has 3 atom stereocenters. The number of rotatable bonds is 1. The third-order valence-corrected chi connectivity index (χ3v) is 4.85. The van der Waals surface area contributed by atoms with Crippen LogP contribution in [-0.2, 0) is 9.59 Å². The molecule has 1 aromatic carbocycles. The molecule has 1 aromatic rings. The zero-order chi connectivity index (χ0) is 14.4. The SMILES string of the molecule is Cc1cccc(C)c1N1C(=O)[C@H]2C[C@@H](C)CC[C@H]2C1=O. The Kier molecular flexibility index (Phi) is 3.15. The topological polar surface area (TPSA) is 37.4 Å². The third kappa shape index (κ3) is 1.88. The average Bonchev–Trinajstić information content (AvgIpc) is 2.63. The number of hydrogen-bond acceptors (Lipinski definition) is 2. The van der Waals surface area contributed by atoms with Crippen molar-refractivity contribution in [3.8, 4) is 0 Å². The predicted molar refractivity (Wildman–Crippen MR) is 78.4 cm³/mol. The quantitative estimate of drug-likeness (QED) is 0.735. The number of para-hydroxylation sites is 1. The van der Waals surface area contributed by atoms with Crippen molar-refractivity contribution >= 4 is 17.5 Å². The molecule has 3 heteroatoms. The van der Waals surface area contributed by atoms with Gasteiger partial charge in [0.25, 0.3) is 0 Å². The van der Waals surface area contributed by atoms with Crippen LogP contribution >= 0.6 is 0 Å². The van der Waals surface area contributed by atoms with Gasteiger partial charge in [0.05, 0.1) is 17.5 Å². The largest absolute Gasteiger partial charge is 0.274 e. The van der Waals surface area contributed by atoms with Crippen LogP contribution in [-0.4, -0.2) is 11.8 Å². The van der Waals surface area contributed by atoms with Gasteiger partial charge in [-0.05, 0) is 50.2 Å². The molecule has 1 saturated heterocycles. The summed E-state index contributed by atoms with van der Waals surface area (Å²) in [6.45, 7) is 6.11. The van der Waals surface area contributed by atoms with Crippen molar-refractivity contribution in [2.75, 3.05) is 4.90 Å². The number of fused-ring (bicyclic) bond motifs is 1. The molecule has 1 aliphatic heterocycles. The minimum Gasteiger partial charge on any atom is -0.274 e. The van der Waals surface area contributed by atoms with Crippen LogP contribution in [0.15, 0.2) is 18.2 Å². The van der Waals surface area contributed by atoms with Crippen molar-refractivity contribution in [3.63, 3.8) is 0 Å². The van der Waals surface area contributed by atoms with Gasteiger partial charge in [-0.3, -0.25) is 9.59 Å². The maximum atomic E-state index is 12.7. The Bertz CT molecular complexity index is 558. The fourth-order valence-electron chi connectivity index (χ4n) is 3.77. The van der Waals surface area contributed by atoms with E-state index in [4.69, 9.17) is 0 Å². The lowest BCUT2D eigenvalue weighted by atomic mass is 9.76. The highest BCUT2D eigenvalue weighted by atomic mass is 16.2. The number of carbonyl (C=O) groups is 2. The Hall–Kier alpha value is -1.64. The van der Waals surface area contributed by atoms with Crippen LogP contribution < -0.4 is 4.90 Å². The highest BCUT2D eigenvalue weighted by molar-refractivity contribution is 6.22. The van der Waals surface area contributed by atoms with E-state index in [-0.39, 0.29) is 23.7 Å². The summed E-state index contributed by atoms with van der Waals surface area (Å²) < 4.78 is 0. The second-order valence-electron chi connectivity index (χ2n) is 6.38. The molecule has 3 rings (SSSR count). The van der Waals surface area contributed by atoms with E-state index >= 15 is 0 Å². The molecule has 0 bridgehead atoms. The number of nitrogens with zero attached hydrogens (tertiary/aromatic N) is 1. The Morgan fingerprint density at radius 1 is 1.00 bits per heavy atom. The van der Waals surface area contributed by atoms with E-state index in [0.29, 0.717) is 5.92 Å². The Morgan fingerprint density at radius 2 is 1.60 bits per heavy atom. The molecule has 2 amide bonds. The van der Waals surface area contributed by atoms with Crippen LogP contribution in [0.4, 0.5) is 5.69 Å². The number of benzene rings is 1. The number of aryl methyl sites for hydroxylation is 2. The first-order valence-corrected chi connectivity index (χ1v) is 7.44. The van der Waals surface area contributed by atoms with E-state index in [2.05, 4.69) is 6.92 Å². The second kappa shape index (κ2) is 4.72. The van der Waals surface area contributed by atoms with Crippen LogP contribution in [0.5, 0.6) is 0 Å². The van der Waals surface area contributed by atoms with Gasteiger partial charge in [0, 0.05) is 0 Å². The molecule has 3 nitrogen and oxygen atoms in total. The summed E-state index contributed by atoms with van der Waals surface area (Å²) in [7, 11) is 0. The summed E-state index contributed by atoms with van der Waals surface area (Å²) >= 11 is 0. The molecule has 1 saturated carbocycles. The highest BCUT2D eigenvalue weighted by Crippen LogP contribution is 2.43. The zero-order valence-electron chi connectivity index (χ0n) is 12.3. The van der Waals surface area contributed by atoms with Crippen LogP contribution in [0.3, 0.4) is 0 Å². The molecule has 2 fully saturated rings. The van der Waals surface area contributed by atoms with Crippen LogP contribution in [0, 0.1) is 31.6 Å². The third-order valence-electron chi connectivity index (χ3n) is 4.85. The highest BCUT2D eigenvalue weighted by Gasteiger charge is 2.50. The van der Waals surface area contributed by atoms with Crippen molar-refractivity contribution in [2.45, 2.75) is 40.0 Å². The Morgan fingerprint density at radius 3 is 2.25 bits per heavy atom. The Labute approximate surface area is 120 Å². The molecule has 2 aliphatic rings. The molecule has 0 N–H and O–H groups in total. The van der Waals surface area contributed by atoms with E-state index < -0.39 is 0 Å². The lowest BCUT2D eigenvalue weighted by molar-refractivity contribution is -0.122. The van der Waals surface area contributed by atoms with E-state index in [1.807, 2.05) is 32.0 Å². The van der Waals surface area contributed by atoms with Gasteiger partial charge in [-0.2, -0.15) is 0 Å². The first kappa shape index (κ1) is 13.3. The fourth-order valence-corrected chi connectivity index (χ4v) is 3.77. The number of imide groups is 1. The average molecular weight is 271 g/mol. The number of carbonyl (C=O) groups excluding carboxylic acids is 2. The summed E-state index contributed by atoms with van der Waals surface area (Å²) in [5.41, 5.74) is 2.81. The van der Waals surface area contributed by atoms with Crippen molar-refractivity contribution < 1.29 is 9.59 Å². The van der Waals surface area contributed by atoms with Gasteiger partial charge in [-0.15, -0.1) is 0 Å². The van der Waals surface area contributed by atoms with Gasteiger partial charge in [0.1, 0.15) is 0 Å².